The highest BCUT2D eigenvalue weighted by molar-refractivity contribution is 5.92. The van der Waals surface area contributed by atoms with Crippen molar-refractivity contribution in [3.8, 4) is 0 Å². The lowest BCUT2D eigenvalue weighted by Gasteiger charge is -2.21. The largest absolute Gasteiger partial charge is 0.481 e. The van der Waals surface area contributed by atoms with Gasteiger partial charge in [0.1, 0.15) is 12.1 Å². The highest BCUT2D eigenvalue weighted by Gasteiger charge is 2.27. The Labute approximate surface area is 172 Å². The van der Waals surface area contributed by atoms with Crippen molar-refractivity contribution in [3.63, 3.8) is 0 Å². The van der Waals surface area contributed by atoms with E-state index in [1.54, 1.807) is 0 Å². The van der Waals surface area contributed by atoms with Gasteiger partial charge in [-0.1, -0.05) is 0 Å². The van der Waals surface area contributed by atoms with Gasteiger partial charge in [-0.25, -0.2) is 4.79 Å². The van der Waals surface area contributed by atoms with E-state index in [9.17, 15) is 29.1 Å². The van der Waals surface area contributed by atoms with Gasteiger partial charge in [-0.05, 0) is 26.2 Å². The SMILES string of the molecule is CC(N)C(=O)NCC(=O)NC(CCC(=O)O)C(=O)NC(CCCN=C(N)N)C(=O)O. The molecule has 0 saturated carbocycles. The van der Waals surface area contributed by atoms with Crippen molar-refractivity contribution in [2.45, 2.75) is 50.7 Å². The minimum atomic E-state index is -1.32. The van der Waals surface area contributed by atoms with Crippen molar-refractivity contribution in [1.82, 2.24) is 16.0 Å². The predicted octanol–water partition coefficient (Wildman–Crippen LogP) is -3.58. The van der Waals surface area contributed by atoms with Crippen molar-refractivity contribution in [2.24, 2.45) is 22.2 Å². The van der Waals surface area contributed by atoms with Crippen molar-refractivity contribution >= 4 is 35.6 Å². The van der Waals surface area contributed by atoms with Crippen molar-refractivity contribution in [3.05, 3.63) is 0 Å². The maximum Gasteiger partial charge on any atom is 0.326 e. The molecule has 0 saturated heterocycles. The molecule has 0 aliphatic rings. The van der Waals surface area contributed by atoms with E-state index >= 15 is 0 Å². The predicted molar refractivity (Wildman–Crippen MR) is 105 cm³/mol. The van der Waals surface area contributed by atoms with Gasteiger partial charge in [-0.3, -0.25) is 24.2 Å². The van der Waals surface area contributed by atoms with Gasteiger partial charge in [-0.15, -0.1) is 0 Å². The summed E-state index contributed by atoms with van der Waals surface area (Å²) in [4.78, 5) is 61.7. The second kappa shape index (κ2) is 13.7. The summed E-state index contributed by atoms with van der Waals surface area (Å²) in [5.74, 6) is -4.92. The number of hydrogen-bond donors (Lipinski definition) is 8. The van der Waals surface area contributed by atoms with Gasteiger partial charge in [0, 0.05) is 13.0 Å². The average molecular weight is 431 g/mol. The van der Waals surface area contributed by atoms with Gasteiger partial charge in [0.15, 0.2) is 5.96 Å². The number of nitrogens with one attached hydrogen (secondary N) is 3. The van der Waals surface area contributed by atoms with Crippen LogP contribution in [0.25, 0.3) is 0 Å². The maximum absolute atomic E-state index is 12.4. The summed E-state index contributed by atoms with van der Waals surface area (Å²) in [6.45, 7) is 1.08. The lowest BCUT2D eigenvalue weighted by Crippen LogP contribution is -2.53. The highest BCUT2D eigenvalue weighted by atomic mass is 16.4. The minimum Gasteiger partial charge on any atom is -0.481 e. The number of aliphatic imine (C=N–C) groups is 1. The Morgan fingerprint density at radius 1 is 0.967 bits per heavy atom. The van der Waals surface area contributed by atoms with E-state index in [1.165, 1.54) is 6.92 Å². The normalized spacial score (nSPS) is 13.3. The van der Waals surface area contributed by atoms with Crippen LogP contribution < -0.4 is 33.2 Å². The van der Waals surface area contributed by atoms with E-state index < -0.39 is 60.8 Å². The number of carbonyl (C=O) groups excluding carboxylic acids is 3. The van der Waals surface area contributed by atoms with Crippen LogP contribution in [0.1, 0.15) is 32.6 Å². The number of nitrogens with two attached hydrogens (primary N) is 3. The van der Waals surface area contributed by atoms with Crippen molar-refractivity contribution < 1.29 is 34.2 Å². The Morgan fingerprint density at radius 3 is 2.10 bits per heavy atom. The summed E-state index contributed by atoms with van der Waals surface area (Å²) in [5, 5.41) is 24.9. The molecule has 14 heteroatoms. The van der Waals surface area contributed by atoms with Crippen LogP contribution in [-0.2, 0) is 24.0 Å². The molecular weight excluding hydrogens is 402 g/mol. The Morgan fingerprint density at radius 2 is 1.60 bits per heavy atom. The van der Waals surface area contributed by atoms with E-state index in [4.69, 9.17) is 22.3 Å². The van der Waals surface area contributed by atoms with E-state index in [2.05, 4.69) is 20.9 Å². The molecule has 0 spiro atoms. The molecule has 3 amide bonds. The number of nitrogens with zero attached hydrogens (tertiary/aromatic N) is 1. The summed E-state index contributed by atoms with van der Waals surface area (Å²) in [7, 11) is 0. The Bertz CT molecular complexity index is 662. The number of carboxylic acids is 2. The Kier molecular flexibility index (Phi) is 12.1. The van der Waals surface area contributed by atoms with Gasteiger partial charge in [0.05, 0.1) is 12.6 Å². The maximum atomic E-state index is 12.4. The molecule has 0 radical (unpaired) electrons. The Hall–Kier alpha value is -3.42. The molecule has 0 rings (SSSR count). The van der Waals surface area contributed by atoms with Gasteiger partial charge in [0.25, 0.3) is 0 Å². The van der Waals surface area contributed by atoms with E-state index in [-0.39, 0.29) is 31.8 Å². The van der Waals surface area contributed by atoms with E-state index in [1.807, 2.05) is 0 Å². The van der Waals surface area contributed by atoms with E-state index in [0.717, 1.165) is 0 Å². The lowest BCUT2D eigenvalue weighted by atomic mass is 10.1. The molecule has 0 aliphatic heterocycles. The second-order valence-corrected chi connectivity index (χ2v) is 6.41. The van der Waals surface area contributed by atoms with Crippen molar-refractivity contribution in [1.29, 1.82) is 0 Å². The number of carboxylic acid groups (broad SMARTS) is 2. The molecule has 3 unspecified atom stereocenters. The second-order valence-electron chi connectivity index (χ2n) is 6.41. The zero-order valence-electron chi connectivity index (χ0n) is 16.6. The summed E-state index contributed by atoms with van der Waals surface area (Å²) >= 11 is 0. The zero-order valence-corrected chi connectivity index (χ0v) is 16.6. The molecule has 0 aromatic rings. The molecule has 11 N–H and O–H groups in total. The van der Waals surface area contributed by atoms with Crippen LogP contribution in [0.4, 0.5) is 0 Å². The lowest BCUT2D eigenvalue weighted by molar-refractivity contribution is -0.143. The van der Waals surface area contributed by atoms with Crippen LogP contribution in [0.2, 0.25) is 0 Å². The number of carbonyl (C=O) groups is 5. The number of aliphatic carboxylic acids is 2. The molecule has 0 fully saturated rings. The average Bonchev–Trinajstić information content (AvgIpc) is 2.64. The third kappa shape index (κ3) is 12.1. The fourth-order valence-electron chi connectivity index (χ4n) is 2.14. The summed E-state index contributed by atoms with van der Waals surface area (Å²) < 4.78 is 0. The first-order valence-electron chi connectivity index (χ1n) is 9.07. The fourth-order valence-corrected chi connectivity index (χ4v) is 2.14. The quantitative estimate of drug-likeness (QED) is 0.0762. The van der Waals surface area contributed by atoms with Crippen LogP contribution in [-0.4, -0.2) is 77.0 Å². The number of rotatable bonds is 14. The first kappa shape index (κ1) is 26.6. The van der Waals surface area contributed by atoms with Crippen LogP contribution >= 0.6 is 0 Å². The van der Waals surface area contributed by atoms with Gasteiger partial charge in [0.2, 0.25) is 17.7 Å². The van der Waals surface area contributed by atoms with Gasteiger partial charge < -0.3 is 43.4 Å². The Balaban J connectivity index is 4.97. The van der Waals surface area contributed by atoms with Gasteiger partial charge in [-0.2, -0.15) is 0 Å². The van der Waals surface area contributed by atoms with Crippen LogP contribution in [0.5, 0.6) is 0 Å². The smallest absolute Gasteiger partial charge is 0.326 e. The molecule has 170 valence electrons. The van der Waals surface area contributed by atoms with Crippen LogP contribution in [0, 0.1) is 0 Å². The molecule has 3 atom stereocenters. The van der Waals surface area contributed by atoms with E-state index in [0.29, 0.717) is 0 Å². The van der Waals surface area contributed by atoms with Crippen LogP contribution in [0.15, 0.2) is 4.99 Å². The monoisotopic (exact) mass is 431 g/mol. The highest BCUT2D eigenvalue weighted by Crippen LogP contribution is 2.03. The molecule has 14 nitrogen and oxygen atoms in total. The minimum absolute atomic E-state index is 0.00188. The summed E-state index contributed by atoms with van der Waals surface area (Å²) in [5.41, 5.74) is 15.7. The first-order valence-corrected chi connectivity index (χ1v) is 9.07. The third-order valence-corrected chi connectivity index (χ3v) is 3.70. The molecule has 0 heterocycles. The third-order valence-electron chi connectivity index (χ3n) is 3.70. The fraction of sp³-hybridized carbons (Fsp3) is 0.625. The topological polar surface area (TPSA) is 252 Å². The molecular formula is C16H29N7O7. The molecule has 0 aliphatic carbocycles. The molecule has 0 aromatic heterocycles. The summed E-state index contributed by atoms with van der Waals surface area (Å²) in [6, 6.07) is -3.46. The number of hydrogen-bond acceptors (Lipinski definition) is 7. The van der Waals surface area contributed by atoms with Crippen LogP contribution in [0.3, 0.4) is 0 Å². The molecule has 0 aromatic carbocycles. The van der Waals surface area contributed by atoms with Gasteiger partial charge >= 0.3 is 11.9 Å². The zero-order chi connectivity index (χ0) is 23.3. The molecule has 30 heavy (non-hydrogen) atoms. The van der Waals surface area contributed by atoms with Crippen molar-refractivity contribution in [2.75, 3.05) is 13.1 Å². The number of guanidine groups is 1. The standard InChI is InChI=1S/C16H29N7O7/c1-8(17)13(27)21-7-11(24)22-9(4-5-12(25)26)14(28)23-10(15(29)30)3-2-6-20-16(18)19/h8-10H,2-7,17H2,1H3,(H,21,27)(H,22,24)(H,23,28)(H,25,26)(H,29,30)(H4,18,19,20). The molecule has 0 bridgehead atoms. The first-order chi connectivity index (χ1) is 13.9. The summed E-state index contributed by atoms with van der Waals surface area (Å²) in [6.07, 6.45) is -0.478. The number of amides is 3.